The summed E-state index contributed by atoms with van der Waals surface area (Å²) in [6, 6.07) is 18.4. The zero-order valence-corrected chi connectivity index (χ0v) is 18.1. The number of halogens is 1. The van der Waals surface area contributed by atoms with Gasteiger partial charge in [0.05, 0.1) is 31.0 Å². The molecule has 2 aromatic carbocycles. The second-order valence-electron chi connectivity index (χ2n) is 6.50. The molecular weight excluding hydrogens is 434 g/mol. The van der Waals surface area contributed by atoms with Crippen LogP contribution in [0.3, 0.4) is 0 Å². The summed E-state index contributed by atoms with van der Waals surface area (Å²) in [7, 11) is 1.60. The molecule has 1 fully saturated rings. The van der Waals surface area contributed by atoms with Gasteiger partial charge in [-0.1, -0.05) is 35.9 Å². The Bertz CT molecular complexity index is 1160. The van der Waals surface area contributed by atoms with Crippen LogP contribution in [0.5, 0.6) is 5.75 Å². The highest BCUT2D eigenvalue weighted by molar-refractivity contribution is 8.18. The summed E-state index contributed by atoms with van der Waals surface area (Å²) in [6.45, 7) is 0.264. The molecule has 1 aliphatic heterocycles. The van der Waals surface area contributed by atoms with Crippen molar-refractivity contribution < 1.29 is 13.9 Å². The molecular formula is C23H18ClN3O3S. The number of carbonyl (C=O) groups is 1. The summed E-state index contributed by atoms with van der Waals surface area (Å²) >= 11 is 7.22. The van der Waals surface area contributed by atoms with E-state index in [2.05, 4.69) is 10.2 Å². The quantitative estimate of drug-likeness (QED) is 0.284. The molecule has 4 rings (SSSR count). The Morgan fingerprint density at radius 2 is 1.94 bits per heavy atom. The summed E-state index contributed by atoms with van der Waals surface area (Å²) in [5, 5.41) is 9.60. The summed E-state index contributed by atoms with van der Waals surface area (Å²) < 4.78 is 10.7. The summed E-state index contributed by atoms with van der Waals surface area (Å²) in [5.41, 5.74) is 1.66. The first-order valence-corrected chi connectivity index (χ1v) is 10.6. The molecule has 3 aromatic rings. The Hall–Kier alpha value is -3.29. The zero-order valence-electron chi connectivity index (χ0n) is 16.6. The molecule has 156 valence electrons. The molecule has 0 saturated carbocycles. The third-order valence-electron chi connectivity index (χ3n) is 4.43. The van der Waals surface area contributed by atoms with E-state index in [0.717, 1.165) is 11.1 Å². The molecule has 8 heteroatoms. The predicted octanol–water partition coefficient (Wildman–Crippen LogP) is 5.45. The number of para-hydroxylation sites is 1. The van der Waals surface area contributed by atoms with Crippen LogP contribution in [0.15, 0.2) is 86.5 Å². The number of ether oxygens (including phenoxy) is 1. The molecule has 0 radical (unpaired) electrons. The fourth-order valence-corrected chi connectivity index (χ4v) is 3.97. The molecule has 6 nitrogen and oxygen atoms in total. The molecule has 0 spiro atoms. The van der Waals surface area contributed by atoms with Crippen LogP contribution in [0.2, 0.25) is 5.02 Å². The minimum atomic E-state index is -0.164. The van der Waals surface area contributed by atoms with Crippen LogP contribution >= 0.6 is 23.4 Å². The first kappa shape index (κ1) is 21.0. The maximum Gasteiger partial charge on any atom is 0.267 e. The first-order valence-electron chi connectivity index (χ1n) is 9.37. The van der Waals surface area contributed by atoms with Crippen molar-refractivity contribution in [1.29, 1.82) is 0 Å². The number of nitrogens with zero attached hydrogens (tertiary/aromatic N) is 3. The van der Waals surface area contributed by atoms with Crippen molar-refractivity contribution in [3.05, 3.63) is 93.7 Å². The number of carbonyl (C=O) groups excluding carboxylic acids is 1. The number of hydrogen-bond acceptors (Lipinski definition) is 6. The maximum absolute atomic E-state index is 13.1. The van der Waals surface area contributed by atoms with E-state index in [1.807, 2.05) is 48.5 Å². The van der Waals surface area contributed by atoms with Crippen LogP contribution in [0.1, 0.15) is 16.9 Å². The number of amides is 1. The zero-order chi connectivity index (χ0) is 21.6. The van der Waals surface area contributed by atoms with Crippen LogP contribution in [-0.2, 0) is 11.3 Å². The molecule has 0 atom stereocenters. The van der Waals surface area contributed by atoms with E-state index in [-0.39, 0.29) is 12.5 Å². The standard InChI is InChI=1S/C23H18ClN3O3S/c1-29-20-7-3-2-5-17(20)14-25-26-23-27(15-19-6-4-12-30-19)22(28)21(31-23)13-16-8-10-18(24)11-9-16/h2-14H,15H2,1H3/b21-13-,25-14+,26-23-. The SMILES string of the molecule is COc1ccccc1/C=N/N=C1\S/C(=C\c2ccc(Cl)cc2)C(=O)N1Cc1ccco1. The van der Waals surface area contributed by atoms with Crippen molar-refractivity contribution in [1.82, 2.24) is 4.90 Å². The molecule has 0 unspecified atom stereocenters. The van der Waals surface area contributed by atoms with Gasteiger partial charge in [-0.05, 0) is 59.8 Å². The van der Waals surface area contributed by atoms with Gasteiger partial charge >= 0.3 is 0 Å². The van der Waals surface area contributed by atoms with E-state index in [1.165, 1.54) is 11.8 Å². The van der Waals surface area contributed by atoms with E-state index in [4.69, 9.17) is 20.8 Å². The Morgan fingerprint density at radius 1 is 1.13 bits per heavy atom. The van der Waals surface area contributed by atoms with E-state index < -0.39 is 0 Å². The lowest BCUT2D eigenvalue weighted by atomic mass is 10.2. The number of thioether (sulfide) groups is 1. The van der Waals surface area contributed by atoms with Crippen LogP contribution < -0.4 is 4.74 Å². The smallest absolute Gasteiger partial charge is 0.267 e. The predicted molar refractivity (Wildman–Crippen MR) is 124 cm³/mol. The fourth-order valence-electron chi connectivity index (χ4n) is 2.90. The fraction of sp³-hybridized carbons (Fsp3) is 0.0870. The van der Waals surface area contributed by atoms with Gasteiger partial charge in [-0.2, -0.15) is 5.10 Å². The minimum absolute atomic E-state index is 0.164. The average Bonchev–Trinajstić information content (AvgIpc) is 3.40. The van der Waals surface area contributed by atoms with Gasteiger partial charge in [0.25, 0.3) is 5.91 Å². The maximum atomic E-state index is 13.1. The van der Waals surface area contributed by atoms with Crippen LogP contribution in [0.4, 0.5) is 0 Å². The second kappa shape index (κ2) is 9.68. The van der Waals surface area contributed by atoms with Crippen molar-refractivity contribution in [2.45, 2.75) is 6.54 Å². The molecule has 0 N–H and O–H groups in total. The van der Waals surface area contributed by atoms with E-state index >= 15 is 0 Å². The van der Waals surface area contributed by atoms with Crippen molar-refractivity contribution in [2.24, 2.45) is 10.2 Å². The van der Waals surface area contributed by atoms with Gasteiger partial charge in [0.1, 0.15) is 11.5 Å². The lowest BCUT2D eigenvalue weighted by Gasteiger charge is -2.12. The number of methoxy groups -OCH3 is 1. The largest absolute Gasteiger partial charge is 0.496 e. The Morgan fingerprint density at radius 3 is 2.68 bits per heavy atom. The van der Waals surface area contributed by atoms with Crippen molar-refractivity contribution >= 4 is 46.7 Å². The Kier molecular flexibility index (Phi) is 6.54. The number of benzene rings is 2. The van der Waals surface area contributed by atoms with Crippen LogP contribution in [0.25, 0.3) is 6.08 Å². The number of furan rings is 1. The highest BCUT2D eigenvalue weighted by Gasteiger charge is 2.34. The third kappa shape index (κ3) is 5.07. The topological polar surface area (TPSA) is 67.4 Å². The average molecular weight is 452 g/mol. The van der Waals surface area contributed by atoms with E-state index in [9.17, 15) is 4.79 Å². The second-order valence-corrected chi connectivity index (χ2v) is 7.95. The minimum Gasteiger partial charge on any atom is -0.496 e. The number of hydrogen-bond donors (Lipinski definition) is 0. The summed E-state index contributed by atoms with van der Waals surface area (Å²) in [6.07, 6.45) is 4.98. The molecule has 1 aliphatic rings. The molecule has 0 aliphatic carbocycles. The number of rotatable bonds is 6. The van der Waals surface area contributed by atoms with Crippen molar-refractivity contribution in [3.63, 3.8) is 0 Å². The molecule has 1 saturated heterocycles. The van der Waals surface area contributed by atoms with Gasteiger partial charge in [-0.15, -0.1) is 5.10 Å². The molecule has 1 amide bonds. The van der Waals surface area contributed by atoms with E-state index in [0.29, 0.717) is 26.6 Å². The van der Waals surface area contributed by atoms with Gasteiger partial charge in [0.2, 0.25) is 0 Å². The lowest BCUT2D eigenvalue weighted by Crippen LogP contribution is -2.28. The molecule has 2 heterocycles. The van der Waals surface area contributed by atoms with Crippen LogP contribution in [0, 0.1) is 0 Å². The molecule has 1 aromatic heterocycles. The van der Waals surface area contributed by atoms with Crippen molar-refractivity contribution in [2.75, 3.05) is 7.11 Å². The lowest BCUT2D eigenvalue weighted by molar-refractivity contribution is -0.122. The Balaban J connectivity index is 1.62. The normalized spacial score (nSPS) is 16.7. The van der Waals surface area contributed by atoms with Crippen LogP contribution in [-0.4, -0.2) is 29.3 Å². The third-order valence-corrected chi connectivity index (χ3v) is 5.68. The van der Waals surface area contributed by atoms with Gasteiger partial charge in [-0.3, -0.25) is 9.69 Å². The summed E-state index contributed by atoms with van der Waals surface area (Å²) in [5.74, 6) is 1.18. The Labute approximate surface area is 188 Å². The van der Waals surface area contributed by atoms with Gasteiger partial charge in [0.15, 0.2) is 5.17 Å². The van der Waals surface area contributed by atoms with Gasteiger partial charge in [-0.25, -0.2) is 0 Å². The van der Waals surface area contributed by atoms with Crippen molar-refractivity contribution in [3.8, 4) is 5.75 Å². The highest BCUT2D eigenvalue weighted by atomic mass is 35.5. The number of amidine groups is 1. The molecule has 0 bridgehead atoms. The first-order chi connectivity index (χ1) is 15.1. The van der Waals surface area contributed by atoms with Gasteiger partial charge in [0, 0.05) is 10.6 Å². The van der Waals surface area contributed by atoms with E-state index in [1.54, 1.807) is 42.7 Å². The van der Waals surface area contributed by atoms with Gasteiger partial charge < -0.3 is 9.15 Å². The highest BCUT2D eigenvalue weighted by Crippen LogP contribution is 2.34. The monoisotopic (exact) mass is 451 g/mol. The molecule has 31 heavy (non-hydrogen) atoms. The summed E-state index contributed by atoms with van der Waals surface area (Å²) in [4.78, 5) is 15.2.